The zero-order valence-corrected chi connectivity index (χ0v) is 29.5. The molecule has 0 aromatic heterocycles. The van der Waals surface area contributed by atoms with Crippen molar-refractivity contribution in [3.63, 3.8) is 0 Å². The Morgan fingerprint density at radius 2 is 1.89 bits per heavy atom. The molecule has 1 aromatic rings. The Morgan fingerprint density at radius 3 is 2.53 bits per heavy atom. The predicted octanol–water partition coefficient (Wildman–Crippen LogP) is 7.35. The normalized spacial score (nSPS) is 24.4. The lowest BCUT2D eigenvalue weighted by Gasteiger charge is -2.44. The van der Waals surface area contributed by atoms with Gasteiger partial charge in [0.25, 0.3) is 0 Å². The van der Waals surface area contributed by atoms with Gasteiger partial charge in [0, 0.05) is 18.4 Å². The summed E-state index contributed by atoms with van der Waals surface area (Å²) in [5.74, 6) is 0.216. The smallest absolute Gasteiger partial charge is 0.331 e. The van der Waals surface area contributed by atoms with Crippen molar-refractivity contribution in [2.45, 2.75) is 97.9 Å². The van der Waals surface area contributed by atoms with Crippen molar-refractivity contribution in [3.05, 3.63) is 53.6 Å². The van der Waals surface area contributed by atoms with Crippen molar-refractivity contribution in [3.8, 4) is 11.5 Å². The van der Waals surface area contributed by atoms with Gasteiger partial charge in [-0.05, 0) is 109 Å². The number of fused-ring (bicyclic) bond motifs is 1. The van der Waals surface area contributed by atoms with Crippen molar-refractivity contribution in [2.75, 3.05) is 7.11 Å². The van der Waals surface area contributed by atoms with Crippen LogP contribution in [0.15, 0.2) is 48.1 Å². The molecule has 8 nitrogen and oxygen atoms in total. The summed E-state index contributed by atoms with van der Waals surface area (Å²) in [5, 5.41) is 20.9. The number of phenolic OH excluding ortho intramolecular Hbond substituents is 1. The van der Waals surface area contributed by atoms with Crippen molar-refractivity contribution < 1.29 is 38.8 Å². The van der Waals surface area contributed by atoms with Gasteiger partial charge in [-0.25, -0.2) is 4.79 Å². The topological polar surface area (TPSA) is 119 Å². The number of hydrogen-bond acceptors (Lipinski definition) is 8. The number of aliphatic hydroxyl groups excluding tert-OH is 1. The number of rotatable bonds is 15. The molecule has 0 aliphatic heterocycles. The maximum Gasteiger partial charge on any atom is 0.331 e. The number of carbonyl (C=O) groups is 3. The molecule has 1 aromatic carbocycles. The van der Waals surface area contributed by atoms with Gasteiger partial charge in [-0.15, -0.1) is 0 Å². The van der Waals surface area contributed by atoms with Crippen LogP contribution in [-0.2, 0) is 23.9 Å². The molecule has 2 aliphatic carbocycles. The van der Waals surface area contributed by atoms with E-state index in [2.05, 4.69) is 32.1 Å². The molecule has 0 radical (unpaired) electrons. The molecule has 2 N–H and O–H groups in total. The summed E-state index contributed by atoms with van der Waals surface area (Å²) in [6, 6.07) is 4.68. The number of benzene rings is 1. The average Bonchev–Trinajstić information content (AvgIpc) is 2.99. The molecule has 0 fully saturated rings. The number of halogens is 1. The third-order valence-electron chi connectivity index (χ3n) is 9.56. The van der Waals surface area contributed by atoms with E-state index < -0.39 is 23.6 Å². The average molecular weight is 737 g/mol. The lowest BCUT2D eigenvalue weighted by atomic mass is 9.65. The molecule has 248 valence electrons. The van der Waals surface area contributed by atoms with Crippen LogP contribution in [0.4, 0.5) is 0 Å². The Balaban J connectivity index is 1.67. The second-order valence-electron chi connectivity index (χ2n) is 12.8. The maximum absolute atomic E-state index is 13.3. The zero-order valence-electron chi connectivity index (χ0n) is 27.3. The van der Waals surface area contributed by atoms with Crippen LogP contribution in [-0.4, -0.2) is 51.4 Å². The highest BCUT2D eigenvalue weighted by Gasteiger charge is 2.43. The molecule has 0 amide bonds. The Morgan fingerprint density at radius 1 is 1.18 bits per heavy atom. The van der Waals surface area contributed by atoms with E-state index in [0.717, 1.165) is 19.3 Å². The van der Waals surface area contributed by atoms with Crippen LogP contribution < -0.4 is 4.74 Å². The van der Waals surface area contributed by atoms with Gasteiger partial charge < -0.3 is 24.4 Å². The van der Waals surface area contributed by atoms with E-state index in [-0.39, 0.29) is 58.0 Å². The van der Waals surface area contributed by atoms with E-state index in [1.54, 1.807) is 34.7 Å². The molecule has 0 saturated carbocycles. The summed E-state index contributed by atoms with van der Waals surface area (Å²) >= 11 is 1.67. The third kappa shape index (κ3) is 10.2. The van der Waals surface area contributed by atoms with Crippen LogP contribution in [0.2, 0.25) is 0 Å². The summed E-state index contributed by atoms with van der Waals surface area (Å²) in [7, 11) is 1.44. The van der Waals surface area contributed by atoms with E-state index >= 15 is 0 Å². The standard InChI is InChI=1S/C36H49IO8/c1-7-36(5,8-2)35(42)45-31-18-22(3)17-25-12-9-23(4)28(34(25)31)14-13-26(38)20-27(21-32(37)40)44-33(41)16-11-24-10-15-29(39)30(19-24)43-6/h9-12,15-17,19,22-23,26-28,31,34,38-39H,7-8,13-14,18,20-21H2,1-6H3/b16-11+/t22-,23-,26?,27?,28-,31-,34-/m0/s1. The highest BCUT2D eigenvalue weighted by molar-refractivity contribution is 14.1. The van der Waals surface area contributed by atoms with Gasteiger partial charge in [-0.1, -0.05) is 52.0 Å². The first-order valence-electron chi connectivity index (χ1n) is 16.0. The summed E-state index contributed by atoms with van der Waals surface area (Å²) < 4.78 is 16.8. The fourth-order valence-electron chi connectivity index (χ4n) is 6.36. The second-order valence-corrected chi connectivity index (χ2v) is 14.1. The first-order chi connectivity index (χ1) is 21.3. The zero-order chi connectivity index (χ0) is 33.3. The van der Waals surface area contributed by atoms with Crippen LogP contribution in [0.5, 0.6) is 11.5 Å². The number of hydrogen-bond donors (Lipinski definition) is 2. The Bertz CT molecular complexity index is 1280. The Kier molecular flexibility index (Phi) is 13.7. The maximum atomic E-state index is 13.3. The molecule has 0 spiro atoms. The molecule has 9 heteroatoms. The van der Waals surface area contributed by atoms with Gasteiger partial charge in [0.05, 0.1) is 25.0 Å². The molecular weight excluding hydrogens is 687 g/mol. The van der Waals surface area contributed by atoms with Crippen molar-refractivity contribution in [1.82, 2.24) is 0 Å². The molecule has 0 saturated heterocycles. The number of methoxy groups -OCH3 is 1. The largest absolute Gasteiger partial charge is 0.504 e. The summed E-state index contributed by atoms with van der Waals surface area (Å²) in [6.45, 7) is 10.3. The van der Waals surface area contributed by atoms with Crippen LogP contribution in [0.25, 0.3) is 6.08 Å². The molecule has 2 aliphatic rings. The lowest BCUT2D eigenvalue weighted by molar-refractivity contribution is -0.166. The van der Waals surface area contributed by atoms with Gasteiger partial charge in [0.2, 0.25) is 0 Å². The van der Waals surface area contributed by atoms with Gasteiger partial charge in [0.1, 0.15) is 12.2 Å². The molecular formula is C36H49IO8. The molecule has 0 heterocycles. The summed E-state index contributed by atoms with van der Waals surface area (Å²) in [5.41, 5.74) is 1.31. The SMILES string of the molecule is CCC(C)(CC)C(=O)O[C@H]1C[C@@H](C)C=C2C=C[C@H](C)[C@H](CCC(O)CC(CC(=O)I)OC(=O)/C=C/c3ccc(O)c(OC)c3)[C@H]21. The number of esters is 2. The monoisotopic (exact) mass is 736 g/mol. The molecule has 7 atom stereocenters. The minimum absolute atomic E-state index is 0.00808. The van der Waals surface area contributed by atoms with Crippen LogP contribution in [0.1, 0.15) is 85.1 Å². The minimum atomic E-state index is -0.790. The fourth-order valence-corrected chi connectivity index (χ4v) is 6.86. The summed E-state index contributed by atoms with van der Waals surface area (Å²) in [4.78, 5) is 37.9. The predicted molar refractivity (Wildman–Crippen MR) is 183 cm³/mol. The Hall–Kier alpha value is -2.66. The van der Waals surface area contributed by atoms with E-state index in [4.69, 9.17) is 14.2 Å². The third-order valence-corrected chi connectivity index (χ3v) is 10.0. The van der Waals surface area contributed by atoms with Crippen LogP contribution in [0, 0.1) is 29.1 Å². The minimum Gasteiger partial charge on any atom is -0.504 e. The number of ether oxygens (including phenoxy) is 3. The first-order valence-corrected chi connectivity index (χ1v) is 17.1. The second kappa shape index (κ2) is 16.8. The molecule has 3 rings (SSSR count). The highest BCUT2D eigenvalue weighted by Crippen LogP contribution is 2.45. The van der Waals surface area contributed by atoms with E-state index in [0.29, 0.717) is 24.3 Å². The number of allylic oxidation sites excluding steroid dienone is 3. The lowest BCUT2D eigenvalue weighted by Crippen LogP contribution is -2.43. The fraction of sp³-hybridized carbons (Fsp3) is 0.583. The number of carbonyl (C=O) groups excluding carboxylic acids is 3. The van der Waals surface area contributed by atoms with E-state index in [1.165, 1.54) is 30.9 Å². The summed E-state index contributed by atoms with van der Waals surface area (Å²) in [6.07, 6.45) is 11.1. The quantitative estimate of drug-likeness (QED) is 0.0831. The van der Waals surface area contributed by atoms with Gasteiger partial charge in [0.15, 0.2) is 15.3 Å². The molecule has 0 bridgehead atoms. The van der Waals surface area contributed by atoms with E-state index in [9.17, 15) is 24.6 Å². The van der Waals surface area contributed by atoms with Crippen LogP contribution >= 0.6 is 22.6 Å². The van der Waals surface area contributed by atoms with Crippen molar-refractivity contribution >= 4 is 44.4 Å². The van der Waals surface area contributed by atoms with Gasteiger partial charge >= 0.3 is 11.9 Å². The first kappa shape index (κ1) is 36.8. The highest BCUT2D eigenvalue weighted by atomic mass is 127. The number of phenols is 1. The van der Waals surface area contributed by atoms with E-state index in [1.807, 2.05) is 20.8 Å². The van der Waals surface area contributed by atoms with Gasteiger partial charge in [-0.2, -0.15) is 0 Å². The number of aliphatic hydroxyl groups is 1. The van der Waals surface area contributed by atoms with Crippen LogP contribution in [0.3, 0.4) is 0 Å². The van der Waals surface area contributed by atoms with Crippen molar-refractivity contribution in [2.24, 2.45) is 29.1 Å². The van der Waals surface area contributed by atoms with Gasteiger partial charge in [-0.3, -0.25) is 9.59 Å². The number of aromatic hydroxyl groups is 1. The molecule has 2 unspecified atom stereocenters. The van der Waals surface area contributed by atoms with Crippen molar-refractivity contribution in [1.29, 1.82) is 0 Å². The molecule has 45 heavy (non-hydrogen) atoms. The Labute approximate surface area is 281 Å².